The Morgan fingerprint density at radius 3 is 2.23 bits per heavy atom. The van der Waals surface area contributed by atoms with Gasteiger partial charge in [0.15, 0.2) is 11.5 Å². The van der Waals surface area contributed by atoms with Crippen LogP contribution >= 0.6 is 0 Å². The summed E-state index contributed by atoms with van der Waals surface area (Å²) in [7, 11) is 6.69. The van der Waals surface area contributed by atoms with E-state index in [-0.39, 0.29) is 11.9 Å². The highest BCUT2D eigenvalue weighted by Crippen LogP contribution is 2.39. The highest BCUT2D eigenvalue weighted by atomic mass is 16.5. The third-order valence-corrected chi connectivity index (χ3v) is 5.66. The third kappa shape index (κ3) is 4.31. The Morgan fingerprint density at radius 1 is 1.07 bits per heavy atom. The van der Waals surface area contributed by atoms with Crippen molar-refractivity contribution in [3.05, 3.63) is 47.0 Å². The molecule has 0 spiro atoms. The molecule has 0 bridgehead atoms. The normalized spacial score (nSPS) is 14.7. The van der Waals surface area contributed by atoms with Gasteiger partial charge in [-0.25, -0.2) is 0 Å². The maximum atomic E-state index is 13.1. The fourth-order valence-electron chi connectivity index (χ4n) is 3.63. The van der Waals surface area contributed by atoms with E-state index in [0.717, 1.165) is 29.9 Å². The van der Waals surface area contributed by atoms with Crippen LogP contribution in [0.2, 0.25) is 0 Å². The zero-order chi connectivity index (χ0) is 21.8. The molecule has 0 saturated carbocycles. The predicted octanol–water partition coefficient (Wildman–Crippen LogP) is 2.92. The Bertz CT molecular complexity index is 884. The van der Waals surface area contributed by atoms with Crippen molar-refractivity contribution in [3.63, 3.8) is 0 Å². The van der Waals surface area contributed by atoms with Crippen molar-refractivity contribution < 1.29 is 19.0 Å². The van der Waals surface area contributed by atoms with Crippen LogP contribution in [0.15, 0.2) is 30.3 Å². The van der Waals surface area contributed by atoms with Gasteiger partial charge in [0.25, 0.3) is 5.91 Å². The number of likely N-dealkylation sites (N-methyl/N-ethyl adjacent to an activating group) is 1. The number of carbonyl (C=O) groups is 1. The van der Waals surface area contributed by atoms with Crippen molar-refractivity contribution >= 4 is 11.6 Å². The van der Waals surface area contributed by atoms with Gasteiger partial charge in [-0.15, -0.1) is 0 Å². The minimum Gasteiger partial charge on any atom is -0.493 e. The van der Waals surface area contributed by atoms with Gasteiger partial charge in [0.05, 0.1) is 27.4 Å². The van der Waals surface area contributed by atoms with Crippen LogP contribution < -0.4 is 29.7 Å². The number of carbonyl (C=O) groups excluding carboxylic acids is 1. The zero-order valence-corrected chi connectivity index (χ0v) is 18.5. The molecule has 1 saturated heterocycles. The molecule has 0 unspecified atom stereocenters. The molecule has 1 aliphatic rings. The van der Waals surface area contributed by atoms with Gasteiger partial charge in [-0.2, -0.15) is 0 Å². The Morgan fingerprint density at radius 2 is 1.70 bits per heavy atom. The Kier molecular flexibility index (Phi) is 6.72. The number of ether oxygens (including phenoxy) is 3. The van der Waals surface area contributed by atoms with Crippen LogP contribution in [0.1, 0.15) is 34.5 Å². The fourth-order valence-corrected chi connectivity index (χ4v) is 3.63. The molecule has 30 heavy (non-hydrogen) atoms. The summed E-state index contributed by atoms with van der Waals surface area (Å²) in [4.78, 5) is 15.3. The molecule has 1 heterocycles. The molecule has 7 heteroatoms. The van der Waals surface area contributed by atoms with E-state index in [9.17, 15) is 4.79 Å². The van der Waals surface area contributed by atoms with Crippen LogP contribution in [0, 0.1) is 6.92 Å². The second kappa shape index (κ2) is 9.26. The fraction of sp³-hybridized carbons (Fsp3) is 0.435. The monoisotopic (exact) mass is 413 g/mol. The maximum Gasteiger partial charge on any atom is 0.252 e. The van der Waals surface area contributed by atoms with E-state index < -0.39 is 0 Å². The van der Waals surface area contributed by atoms with Gasteiger partial charge < -0.3 is 29.7 Å². The second-order valence-corrected chi connectivity index (χ2v) is 7.54. The molecule has 1 amide bonds. The van der Waals surface area contributed by atoms with Gasteiger partial charge in [-0.3, -0.25) is 4.79 Å². The highest BCUT2D eigenvalue weighted by Gasteiger charge is 2.26. The number of nitrogens with one attached hydrogen (secondary N) is 2. The number of amides is 1. The molecule has 0 aliphatic carbocycles. The lowest BCUT2D eigenvalue weighted by molar-refractivity contribution is 0.0939. The molecule has 1 atom stereocenters. The molecule has 2 aromatic rings. The first kappa shape index (κ1) is 21.8. The first-order valence-electron chi connectivity index (χ1n) is 10.0. The van der Waals surface area contributed by atoms with Crippen molar-refractivity contribution in [1.29, 1.82) is 0 Å². The Labute approximate surface area is 178 Å². The van der Waals surface area contributed by atoms with Crippen molar-refractivity contribution in [2.45, 2.75) is 25.9 Å². The molecule has 162 valence electrons. The number of nitrogens with zero attached hydrogens (tertiary/aromatic N) is 1. The van der Waals surface area contributed by atoms with Gasteiger partial charge in [-0.1, -0.05) is 6.07 Å². The van der Waals surface area contributed by atoms with Gasteiger partial charge in [0, 0.05) is 30.4 Å². The summed E-state index contributed by atoms with van der Waals surface area (Å²) >= 11 is 0. The van der Waals surface area contributed by atoms with E-state index in [2.05, 4.69) is 21.6 Å². The lowest BCUT2D eigenvalue weighted by atomic mass is 10.0. The van der Waals surface area contributed by atoms with Gasteiger partial charge >= 0.3 is 0 Å². The Balaban J connectivity index is 1.79. The molecular weight excluding hydrogens is 382 g/mol. The van der Waals surface area contributed by atoms with Crippen LogP contribution in [0.25, 0.3) is 0 Å². The number of hydrogen-bond donors (Lipinski definition) is 2. The largest absolute Gasteiger partial charge is 0.493 e. The lowest BCUT2D eigenvalue weighted by Crippen LogP contribution is -2.57. The van der Waals surface area contributed by atoms with Crippen molar-refractivity contribution in [2.75, 3.05) is 46.4 Å². The molecule has 1 aliphatic heterocycles. The Hall–Kier alpha value is -2.93. The number of aryl methyl sites for hydroxylation is 1. The third-order valence-electron chi connectivity index (χ3n) is 5.66. The van der Waals surface area contributed by atoms with E-state index >= 15 is 0 Å². The SMILES string of the molecule is CNC1CN(c2ccc(C)c(C(=O)N[C@H](C)c3cc(OC)c(OC)c(OC)c3)c2)C1. The van der Waals surface area contributed by atoms with Crippen LogP contribution in [0.4, 0.5) is 5.69 Å². The standard InChI is InChI=1S/C23H31N3O4/c1-14-7-8-18(26-12-17(13-26)24-3)11-19(14)23(27)25-15(2)16-9-20(28-4)22(30-6)21(10-16)29-5/h7-11,15,17,24H,12-13H2,1-6H3,(H,25,27)/t15-/m1/s1. The van der Waals surface area contributed by atoms with Crippen molar-refractivity contribution in [2.24, 2.45) is 0 Å². The average Bonchev–Trinajstić information content (AvgIpc) is 2.72. The van der Waals surface area contributed by atoms with Crippen LogP contribution in [-0.2, 0) is 0 Å². The molecule has 7 nitrogen and oxygen atoms in total. The van der Waals surface area contributed by atoms with Crippen LogP contribution in [-0.4, -0.2) is 53.4 Å². The van der Waals surface area contributed by atoms with Gasteiger partial charge in [0.2, 0.25) is 5.75 Å². The molecule has 2 N–H and O–H groups in total. The highest BCUT2D eigenvalue weighted by molar-refractivity contribution is 5.97. The second-order valence-electron chi connectivity index (χ2n) is 7.54. The molecule has 0 radical (unpaired) electrons. The van der Waals surface area contributed by atoms with E-state index in [0.29, 0.717) is 28.9 Å². The first-order valence-corrected chi connectivity index (χ1v) is 10.0. The van der Waals surface area contributed by atoms with E-state index in [4.69, 9.17) is 14.2 Å². The zero-order valence-electron chi connectivity index (χ0n) is 18.5. The van der Waals surface area contributed by atoms with Crippen LogP contribution in [0.5, 0.6) is 17.2 Å². The minimum absolute atomic E-state index is 0.110. The van der Waals surface area contributed by atoms with E-state index in [1.165, 1.54) is 0 Å². The smallest absolute Gasteiger partial charge is 0.252 e. The molecule has 0 aromatic heterocycles. The first-order chi connectivity index (χ1) is 14.4. The van der Waals surface area contributed by atoms with Gasteiger partial charge in [0.1, 0.15) is 0 Å². The quantitative estimate of drug-likeness (QED) is 0.693. The minimum atomic E-state index is -0.244. The van der Waals surface area contributed by atoms with Crippen molar-refractivity contribution in [3.8, 4) is 17.2 Å². The summed E-state index contributed by atoms with van der Waals surface area (Å²) in [5.74, 6) is 1.53. The predicted molar refractivity (Wildman–Crippen MR) is 118 cm³/mol. The summed E-state index contributed by atoms with van der Waals surface area (Å²) in [6.45, 7) is 5.78. The molecular formula is C23H31N3O4. The number of rotatable bonds is 8. The summed E-state index contributed by atoms with van der Waals surface area (Å²) in [5, 5.41) is 6.36. The topological polar surface area (TPSA) is 72.1 Å². The maximum absolute atomic E-state index is 13.1. The number of anilines is 1. The summed E-state index contributed by atoms with van der Waals surface area (Å²) < 4.78 is 16.2. The van der Waals surface area contributed by atoms with Crippen LogP contribution in [0.3, 0.4) is 0 Å². The summed E-state index contributed by atoms with van der Waals surface area (Å²) in [5.41, 5.74) is 3.56. The number of hydrogen-bond acceptors (Lipinski definition) is 6. The summed E-state index contributed by atoms with van der Waals surface area (Å²) in [6, 6.07) is 10.0. The van der Waals surface area contributed by atoms with E-state index in [1.54, 1.807) is 21.3 Å². The van der Waals surface area contributed by atoms with Crippen molar-refractivity contribution in [1.82, 2.24) is 10.6 Å². The average molecular weight is 414 g/mol. The lowest BCUT2D eigenvalue weighted by Gasteiger charge is -2.41. The number of methoxy groups -OCH3 is 3. The molecule has 1 fully saturated rings. The van der Waals surface area contributed by atoms with E-state index in [1.807, 2.05) is 45.2 Å². The summed E-state index contributed by atoms with van der Waals surface area (Å²) in [6.07, 6.45) is 0. The molecule has 3 rings (SSSR count). The van der Waals surface area contributed by atoms with Gasteiger partial charge in [-0.05, 0) is 56.3 Å². The number of benzene rings is 2. The molecule has 2 aromatic carbocycles.